The van der Waals surface area contributed by atoms with Gasteiger partial charge < -0.3 is 9.84 Å². The summed E-state index contributed by atoms with van der Waals surface area (Å²) in [6.45, 7) is -1.54. The van der Waals surface area contributed by atoms with Gasteiger partial charge in [-0.15, -0.1) is 0 Å². The summed E-state index contributed by atoms with van der Waals surface area (Å²) in [6.07, 6.45) is -3.60. The van der Waals surface area contributed by atoms with E-state index in [0.717, 1.165) is 12.3 Å². The number of aromatic nitrogens is 1. The number of hydrogen-bond acceptors (Lipinski definition) is 3. The lowest BCUT2D eigenvalue weighted by atomic mass is 10.3. The van der Waals surface area contributed by atoms with Crippen LogP contribution in [-0.2, 0) is 0 Å². The number of halogens is 4. The van der Waals surface area contributed by atoms with Gasteiger partial charge in [0.25, 0.3) is 0 Å². The van der Waals surface area contributed by atoms with Crippen molar-refractivity contribution in [2.75, 3.05) is 6.61 Å². The van der Waals surface area contributed by atoms with E-state index in [0.29, 0.717) is 0 Å². The summed E-state index contributed by atoms with van der Waals surface area (Å²) in [6, 6.07) is 0.830. The molecule has 1 aromatic heterocycles. The molecular formula is C8H5ClF3NO3. The van der Waals surface area contributed by atoms with E-state index in [1.165, 1.54) is 0 Å². The summed E-state index contributed by atoms with van der Waals surface area (Å²) in [4.78, 5) is 14.0. The van der Waals surface area contributed by atoms with E-state index in [-0.39, 0.29) is 10.6 Å². The highest BCUT2D eigenvalue weighted by molar-refractivity contribution is 6.33. The predicted octanol–water partition coefficient (Wildman–Crippen LogP) is 2.37. The quantitative estimate of drug-likeness (QED) is 0.901. The number of hydrogen-bond donors (Lipinski definition) is 1. The molecule has 0 saturated carbocycles. The van der Waals surface area contributed by atoms with Gasteiger partial charge in [-0.05, 0) is 0 Å². The minimum absolute atomic E-state index is 0.174. The maximum Gasteiger partial charge on any atom is 0.422 e. The molecule has 4 nitrogen and oxygen atoms in total. The smallest absolute Gasteiger partial charge is 0.422 e. The van der Waals surface area contributed by atoms with E-state index < -0.39 is 24.6 Å². The molecule has 1 heterocycles. The van der Waals surface area contributed by atoms with Crippen molar-refractivity contribution in [2.24, 2.45) is 0 Å². The van der Waals surface area contributed by atoms with Crippen molar-refractivity contribution in [1.82, 2.24) is 4.98 Å². The van der Waals surface area contributed by atoms with Gasteiger partial charge in [-0.2, -0.15) is 13.2 Å². The Bertz CT molecular complexity index is 408. The topological polar surface area (TPSA) is 59.4 Å². The van der Waals surface area contributed by atoms with Crippen LogP contribution < -0.4 is 4.74 Å². The highest BCUT2D eigenvalue weighted by Crippen LogP contribution is 2.21. The molecule has 0 amide bonds. The van der Waals surface area contributed by atoms with E-state index in [4.69, 9.17) is 16.7 Å². The molecular weight excluding hydrogens is 251 g/mol. The van der Waals surface area contributed by atoms with Crippen LogP contribution in [0, 0.1) is 0 Å². The van der Waals surface area contributed by atoms with E-state index in [1.807, 2.05) is 0 Å². The van der Waals surface area contributed by atoms with Gasteiger partial charge in [-0.1, -0.05) is 11.6 Å². The molecule has 88 valence electrons. The maximum absolute atomic E-state index is 11.8. The van der Waals surface area contributed by atoms with Crippen molar-refractivity contribution in [3.05, 3.63) is 22.8 Å². The van der Waals surface area contributed by atoms with Crippen LogP contribution in [0.4, 0.5) is 13.2 Å². The Balaban J connectivity index is 2.83. The van der Waals surface area contributed by atoms with Gasteiger partial charge in [0.15, 0.2) is 6.61 Å². The van der Waals surface area contributed by atoms with Gasteiger partial charge in [-0.25, -0.2) is 9.78 Å². The van der Waals surface area contributed by atoms with Crippen molar-refractivity contribution in [3.8, 4) is 5.88 Å². The van der Waals surface area contributed by atoms with Crippen LogP contribution in [0.5, 0.6) is 5.88 Å². The second kappa shape index (κ2) is 4.56. The summed E-state index contributed by atoms with van der Waals surface area (Å²) in [5.41, 5.74) is -0.367. The van der Waals surface area contributed by atoms with Crippen LogP contribution in [0.3, 0.4) is 0 Å². The first-order valence-electron chi connectivity index (χ1n) is 3.88. The zero-order valence-electron chi connectivity index (χ0n) is 7.58. The van der Waals surface area contributed by atoms with Crippen molar-refractivity contribution >= 4 is 17.6 Å². The minimum Gasteiger partial charge on any atom is -0.478 e. The van der Waals surface area contributed by atoms with E-state index in [1.54, 1.807) is 0 Å². The average Bonchev–Trinajstić information content (AvgIpc) is 2.14. The monoisotopic (exact) mass is 255 g/mol. The first-order valence-corrected chi connectivity index (χ1v) is 4.26. The molecule has 0 bridgehead atoms. The number of rotatable bonds is 3. The van der Waals surface area contributed by atoms with Crippen molar-refractivity contribution in [1.29, 1.82) is 0 Å². The highest BCUT2D eigenvalue weighted by Gasteiger charge is 2.28. The second-order valence-electron chi connectivity index (χ2n) is 2.71. The third kappa shape index (κ3) is 3.58. The number of carboxylic acids is 1. The number of carbonyl (C=O) groups is 1. The molecule has 1 rings (SSSR count). The third-order valence-corrected chi connectivity index (χ3v) is 1.75. The van der Waals surface area contributed by atoms with Crippen LogP contribution >= 0.6 is 11.6 Å². The number of carboxylic acid groups (broad SMARTS) is 1. The normalized spacial score (nSPS) is 11.2. The number of ether oxygens (including phenoxy) is 1. The zero-order chi connectivity index (χ0) is 12.3. The van der Waals surface area contributed by atoms with Gasteiger partial charge in [0.1, 0.15) is 0 Å². The summed E-state index contributed by atoms with van der Waals surface area (Å²) >= 11 is 5.46. The number of pyridine rings is 1. The van der Waals surface area contributed by atoms with Crippen LogP contribution in [0.15, 0.2) is 12.3 Å². The van der Waals surface area contributed by atoms with Crippen LogP contribution in [0.2, 0.25) is 5.02 Å². The fourth-order valence-electron chi connectivity index (χ4n) is 0.818. The SMILES string of the molecule is O=C(O)c1cc(OCC(F)(F)F)ncc1Cl. The van der Waals surface area contributed by atoms with E-state index >= 15 is 0 Å². The molecule has 1 N–H and O–H groups in total. The lowest BCUT2D eigenvalue weighted by Crippen LogP contribution is -2.19. The Morgan fingerprint density at radius 2 is 2.19 bits per heavy atom. The molecule has 0 unspecified atom stereocenters. The standard InChI is InChI=1S/C8H5ClF3NO3/c9-5-2-13-6(1-4(5)7(14)15)16-3-8(10,11)12/h1-2H,3H2,(H,14,15). The van der Waals surface area contributed by atoms with Gasteiger partial charge in [-0.3, -0.25) is 0 Å². The minimum atomic E-state index is -4.51. The van der Waals surface area contributed by atoms with Gasteiger partial charge in [0, 0.05) is 6.07 Å². The van der Waals surface area contributed by atoms with Crippen LogP contribution in [0.1, 0.15) is 10.4 Å². The van der Waals surface area contributed by atoms with Crippen LogP contribution in [-0.4, -0.2) is 28.8 Å². The molecule has 8 heteroatoms. The number of aromatic carboxylic acids is 1. The molecule has 0 spiro atoms. The zero-order valence-corrected chi connectivity index (χ0v) is 8.34. The predicted molar refractivity (Wildman–Crippen MR) is 47.8 cm³/mol. The molecule has 16 heavy (non-hydrogen) atoms. The average molecular weight is 256 g/mol. The first-order chi connectivity index (χ1) is 7.29. The fraction of sp³-hybridized carbons (Fsp3) is 0.250. The number of alkyl halides is 3. The Morgan fingerprint density at radius 3 is 2.69 bits per heavy atom. The molecule has 0 radical (unpaired) electrons. The second-order valence-corrected chi connectivity index (χ2v) is 3.12. The van der Waals surface area contributed by atoms with E-state index in [2.05, 4.69) is 9.72 Å². The third-order valence-electron chi connectivity index (χ3n) is 1.44. The Hall–Kier alpha value is -1.50. The summed E-state index contributed by atoms with van der Waals surface area (Å²) in [7, 11) is 0. The van der Waals surface area contributed by atoms with Gasteiger partial charge in [0.2, 0.25) is 5.88 Å². The molecule has 0 atom stereocenters. The van der Waals surface area contributed by atoms with Crippen LogP contribution in [0.25, 0.3) is 0 Å². The van der Waals surface area contributed by atoms with E-state index in [9.17, 15) is 18.0 Å². The van der Waals surface area contributed by atoms with Gasteiger partial charge >= 0.3 is 12.1 Å². The molecule has 0 aliphatic rings. The summed E-state index contributed by atoms with van der Waals surface area (Å²) < 4.78 is 39.6. The summed E-state index contributed by atoms with van der Waals surface area (Å²) in [5, 5.41) is 8.45. The lowest BCUT2D eigenvalue weighted by molar-refractivity contribution is -0.154. The first kappa shape index (κ1) is 12.6. The van der Waals surface area contributed by atoms with Crippen molar-refractivity contribution in [2.45, 2.75) is 6.18 Å². The maximum atomic E-state index is 11.8. The molecule has 0 saturated heterocycles. The Labute approximate surface area is 92.6 Å². The highest BCUT2D eigenvalue weighted by atomic mass is 35.5. The summed E-state index contributed by atoms with van der Waals surface area (Å²) in [5.74, 6) is -1.82. The molecule has 0 aromatic carbocycles. The Morgan fingerprint density at radius 1 is 1.56 bits per heavy atom. The van der Waals surface area contributed by atoms with Crippen molar-refractivity contribution in [3.63, 3.8) is 0 Å². The van der Waals surface area contributed by atoms with Gasteiger partial charge in [0.05, 0.1) is 16.8 Å². The molecule has 0 aliphatic carbocycles. The molecule has 0 fully saturated rings. The molecule has 0 aliphatic heterocycles. The largest absolute Gasteiger partial charge is 0.478 e. The lowest BCUT2D eigenvalue weighted by Gasteiger charge is -2.08. The molecule has 1 aromatic rings. The number of nitrogens with zero attached hydrogens (tertiary/aromatic N) is 1. The van der Waals surface area contributed by atoms with Crippen molar-refractivity contribution < 1.29 is 27.8 Å². The Kier molecular flexibility index (Phi) is 3.58. The fourth-order valence-corrected chi connectivity index (χ4v) is 1.00.